The summed E-state index contributed by atoms with van der Waals surface area (Å²) in [5.74, 6) is -0.0251. The van der Waals surface area contributed by atoms with Crippen molar-refractivity contribution in [3.8, 4) is 0 Å². The van der Waals surface area contributed by atoms with E-state index in [1.54, 1.807) is 0 Å². The highest BCUT2D eigenvalue weighted by molar-refractivity contribution is 5.20. The third kappa shape index (κ3) is 7.05. The molecule has 0 aromatic rings. The van der Waals surface area contributed by atoms with E-state index in [0.717, 1.165) is 25.7 Å². The van der Waals surface area contributed by atoms with Crippen LogP contribution in [0.15, 0.2) is 0 Å². The van der Waals surface area contributed by atoms with Crippen LogP contribution in [0.5, 0.6) is 0 Å². The Morgan fingerprint density at radius 3 is 2.19 bits per heavy atom. The minimum atomic E-state index is -1.22. The second-order valence-corrected chi connectivity index (χ2v) is 18.2. The fourth-order valence-corrected chi connectivity index (χ4v) is 12.4. The highest BCUT2D eigenvalue weighted by Crippen LogP contribution is 2.69. The van der Waals surface area contributed by atoms with Gasteiger partial charge in [-0.2, -0.15) is 0 Å². The molecule has 2 saturated heterocycles. The summed E-state index contributed by atoms with van der Waals surface area (Å²) < 4.78 is 35.4. The van der Waals surface area contributed by atoms with Crippen molar-refractivity contribution in [1.29, 1.82) is 0 Å². The minimum Gasteiger partial charge on any atom is -0.394 e. The molecule has 4 aliphatic carbocycles. The fraction of sp³-hybridized carbons (Fsp3) is 1.00. The number of rotatable bonds is 12. The standard InChI is InChI=1S/C39H68O13/c1-19(2)26(50-36-33(30(44)27(17-40)51-36)52-35-32(48-7)31(45)28(47-6)18-49-35)9-8-20(3)22-15-24(42)34-38(22,5)13-11-29-37(4)12-10-21(41)14-23(37)25(43)16-39(29,34)46/h19-36,40-46H,8-18H2,1-7H3/t20-,21+,22-,23-,24-,25+,26+,27+,28-,29-,30+,31+,32-,33-,34-,35+,36-,37+,38-,39+/m1/s1. The molecule has 0 unspecified atom stereocenters. The van der Waals surface area contributed by atoms with E-state index in [9.17, 15) is 35.7 Å². The number of aliphatic hydroxyl groups excluding tert-OH is 6. The van der Waals surface area contributed by atoms with E-state index >= 15 is 0 Å². The van der Waals surface area contributed by atoms with Crippen LogP contribution in [0.25, 0.3) is 0 Å². The van der Waals surface area contributed by atoms with Gasteiger partial charge in [-0.15, -0.1) is 0 Å². The first-order valence-electron chi connectivity index (χ1n) is 19.9. The molecule has 0 aromatic heterocycles. The number of fused-ring (bicyclic) bond motifs is 5. The second-order valence-electron chi connectivity index (χ2n) is 18.2. The molecule has 302 valence electrons. The van der Waals surface area contributed by atoms with Crippen molar-refractivity contribution >= 4 is 0 Å². The molecule has 6 fully saturated rings. The van der Waals surface area contributed by atoms with E-state index in [4.69, 9.17) is 28.4 Å². The lowest BCUT2D eigenvalue weighted by atomic mass is 9.42. The van der Waals surface area contributed by atoms with Gasteiger partial charge in [0.2, 0.25) is 0 Å². The quantitative estimate of drug-likeness (QED) is 0.153. The lowest BCUT2D eigenvalue weighted by Crippen LogP contribution is -2.68. The Bertz CT molecular complexity index is 1190. The summed E-state index contributed by atoms with van der Waals surface area (Å²) >= 11 is 0. The third-order valence-corrected chi connectivity index (χ3v) is 15.1. The van der Waals surface area contributed by atoms with Gasteiger partial charge in [-0.1, -0.05) is 34.6 Å². The summed E-state index contributed by atoms with van der Waals surface area (Å²) in [5, 5.41) is 78.2. The molecule has 0 radical (unpaired) electrons. The molecule has 0 amide bonds. The molecule has 2 heterocycles. The molecule has 4 saturated carbocycles. The first kappa shape index (κ1) is 41.1. The van der Waals surface area contributed by atoms with E-state index < -0.39 is 79.7 Å². The van der Waals surface area contributed by atoms with Crippen LogP contribution in [0.2, 0.25) is 0 Å². The van der Waals surface area contributed by atoms with E-state index in [2.05, 4.69) is 34.6 Å². The number of hydrogen-bond acceptors (Lipinski definition) is 13. The highest BCUT2D eigenvalue weighted by Gasteiger charge is 2.70. The summed E-state index contributed by atoms with van der Waals surface area (Å²) in [6.45, 7) is 10.4. The average Bonchev–Trinajstić information content (AvgIpc) is 3.55. The van der Waals surface area contributed by atoms with E-state index in [1.807, 2.05) is 0 Å². The van der Waals surface area contributed by atoms with Crippen LogP contribution in [0.4, 0.5) is 0 Å². The van der Waals surface area contributed by atoms with Crippen molar-refractivity contribution in [2.24, 2.45) is 46.3 Å². The Morgan fingerprint density at radius 1 is 0.827 bits per heavy atom. The molecule has 52 heavy (non-hydrogen) atoms. The zero-order chi connectivity index (χ0) is 37.9. The molecule has 0 bridgehead atoms. The molecule has 6 aliphatic rings. The summed E-state index contributed by atoms with van der Waals surface area (Å²) in [6.07, 6.45) is -3.85. The van der Waals surface area contributed by atoms with Gasteiger partial charge >= 0.3 is 0 Å². The molecular formula is C39H68O13. The average molecular weight is 745 g/mol. The molecule has 2 aliphatic heterocycles. The van der Waals surface area contributed by atoms with E-state index in [0.29, 0.717) is 25.7 Å². The lowest BCUT2D eigenvalue weighted by Gasteiger charge is -2.66. The van der Waals surface area contributed by atoms with E-state index in [-0.39, 0.29) is 65.5 Å². The maximum atomic E-state index is 12.7. The lowest BCUT2D eigenvalue weighted by molar-refractivity contribution is -0.313. The normalized spacial score (nSPS) is 51.9. The Balaban J connectivity index is 1.13. The predicted octanol–water partition coefficient (Wildman–Crippen LogP) is 1.73. The Kier molecular flexibility index (Phi) is 12.5. The summed E-state index contributed by atoms with van der Waals surface area (Å²) in [5.41, 5.74) is -1.78. The SMILES string of the molecule is CO[C@H]1[C@H](O[C@H]2[C@H](O[C@@H](CC[C@@H](C)[C@H]3C[C@@H](O)[C@@H]4[C@]3(C)CC[C@@H]3[C@@]5(C)CC[C@H](O)C[C@@H]5[C@@H](O)C[C@]34O)C(C)C)O[C@@H](CO)[C@@H]2O)OC[C@@H](OC)[C@@H]1O. The van der Waals surface area contributed by atoms with Gasteiger partial charge < -0.3 is 64.2 Å². The van der Waals surface area contributed by atoms with Gasteiger partial charge in [0.05, 0.1) is 43.2 Å². The first-order valence-corrected chi connectivity index (χ1v) is 19.9. The molecule has 13 heteroatoms. The minimum absolute atomic E-state index is 0.0380. The van der Waals surface area contributed by atoms with Crippen LogP contribution in [-0.4, -0.2) is 142 Å². The van der Waals surface area contributed by atoms with Crippen LogP contribution in [0, 0.1) is 46.3 Å². The summed E-state index contributed by atoms with van der Waals surface area (Å²) in [7, 11) is 2.91. The van der Waals surface area contributed by atoms with Gasteiger partial charge in [-0.3, -0.25) is 0 Å². The number of methoxy groups -OCH3 is 2. The molecule has 20 atom stereocenters. The van der Waals surface area contributed by atoms with Crippen molar-refractivity contribution < 1.29 is 64.2 Å². The number of hydrogen-bond donors (Lipinski definition) is 7. The predicted molar refractivity (Wildman–Crippen MR) is 188 cm³/mol. The van der Waals surface area contributed by atoms with Gasteiger partial charge in [0, 0.05) is 26.6 Å². The zero-order valence-corrected chi connectivity index (χ0v) is 32.3. The molecule has 13 nitrogen and oxygen atoms in total. The van der Waals surface area contributed by atoms with Crippen molar-refractivity contribution in [3.63, 3.8) is 0 Å². The molecule has 7 N–H and O–H groups in total. The van der Waals surface area contributed by atoms with Crippen molar-refractivity contribution in [3.05, 3.63) is 0 Å². The van der Waals surface area contributed by atoms with Crippen LogP contribution in [0.1, 0.15) is 92.4 Å². The van der Waals surface area contributed by atoms with Crippen molar-refractivity contribution in [2.45, 2.75) is 172 Å². The maximum Gasteiger partial charge on any atom is 0.187 e. The maximum absolute atomic E-state index is 12.7. The fourth-order valence-electron chi connectivity index (χ4n) is 12.4. The largest absolute Gasteiger partial charge is 0.394 e. The van der Waals surface area contributed by atoms with Gasteiger partial charge in [-0.05, 0) is 91.8 Å². The van der Waals surface area contributed by atoms with Crippen molar-refractivity contribution in [1.82, 2.24) is 0 Å². The van der Waals surface area contributed by atoms with Crippen LogP contribution in [0.3, 0.4) is 0 Å². The summed E-state index contributed by atoms with van der Waals surface area (Å²) in [4.78, 5) is 0. The van der Waals surface area contributed by atoms with E-state index in [1.165, 1.54) is 14.2 Å². The zero-order valence-electron chi connectivity index (χ0n) is 32.3. The Hall–Kier alpha value is -0.520. The Labute approximate surface area is 309 Å². The molecule has 0 spiro atoms. The smallest absolute Gasteiger partial charge is 0.187 e. The van der Waals surface area contributed by atoms with Gasteiger partial charge in [-0.25, -0.2) is 0 Å². The summed E-state index contributed by atoms with van der Waals surface area (Å²) in [6, 6.07) is 0. The van der Waals surface area contributed by atoms with Gasteiger partial charge in [0.25, 0.3) is 0 Å². The highest BCUT2D eigenvalue weighted by atomic mass is 16.8. The topological polar surface area (TPSA) is 197 Å². The number of aliphatic hydroxyl groups is 7. The van der Waals surface area contributed by atoms with Gasteiger partial charge in [0.1, 0.15) is 36.6 Å². The third-order valence-electron chi connectivity index (χ3n) is 15.1. The van der Waals surface area contributed by atoms with Gasteiger partial charge in [0.15, 0.2) is 12.6 Å². The van der Waals surface area contributed by atoms with Crippen molar-refractivity contribution in [2.75, 3.05) is 27.4 Å². The molecular weight excluding hydrogens is 676 g/mol. The van der Waals surface area contributed by atoms with Crippen LogP contribution < -0.4 is 0 Å². The van der Waals surface area contributed by atoms with Crippen LogP contribution in [-0.2, 0) is 28.4 Å². The van der Waals surface area contributed by atoms with Crippen LogP contribution >= 0.6 is 0 Å². The Morgan fingerprint density at radius 2 is 1.54 bits per heavy atom. The monoisotopic (exact) mass is 744 g/mol. The molecule has 0 aromatic carbocycles. The second kappa shape index (κ2) is 15.8. The number of ether oxygens (including phenoxy) is 6. The first-order chi connectivity index (χ1) is 24.5. The molecule has 6 rings (SSSR count).